The van der Waals surface area contributed by atoms with E-state index in [9.17, 15) is 9.59 Å². The normalized spacial score (nSPS) is 16.2. The number of carbonyl (C=O) groups is 2. The molecule has 0 saturated carbocycles. The molecule has 1 atom stereocenters. The zero-order chi connectivity index (χ0) is 17.2. The summed E-state index contributed by atoms with van der Waals surface area (Å²) in [5.74, 6) is -0.476. The molecule has 0 radical (unpaired) electrons. The Morgan fingerprint density at radius 2 is 1.92 bits per heavy atom. The summed E-state index contributed by atoms with van der Waals surface area (Å²) in [6.45, 7) is 3.38. The molecule has 1 aromatic heterocycles. The Kier molecular flexibility index (Phi) is 7.75. The average Bonchev–Trinajstić information content (AvgIpc) is 3.13. The van der Waals surface area contributed by atoms with Crippen molar-refractivity contribution in [3.05, 3.63) is 11.9 Å². The van der Waals surface area contributed by atoms with Gasteiger partial charge in [-0.2, -0.15) is 0 Å². The molecule has 1 saturated heterocycles. The first-order valence-corrected chi connectivity index (χ1v) is 7.80. The SMILES string of the molecule is CNCc1cn(CCOCCOCCOCC(=O)C2NC2=O)nn1. The molecule has 0 aromatic carbocycles. The van der Waals surface area contributed by atoms with E-state index < -0.39 is 6.04 Å². The molecule has 1 fully saturated rings. The molecule has 0 aliphatic carbocycles. The van der Waals surface area contributed by atoms with Crippen molar-refractivity contribution < 1.29 is 23.8 Å². The van der Waals surface area contributed by atoms with Crippen molar-refractivity contribution in [2.24, 2.45) is 0 Å². The van der Waals surface area contributed by atoms with E-state index in [0.29, 0.717) is 46.1 Å². The lowest BCUT2D eigenvalue weighted by Crippen LogP contribution is -2.19. The number of rotatable bonds is 14. The predicted octanol–water partition coefficient (Wildman–Crippen LogP) is -1.89. The quantitative estimate of drug-likeness (QED) is 0.229. The fraction of sp³-hybridized carbons (Fsp3) is 0.714. The summed E-state index contributed by atoms with van der Waals surface area (Å²) in [5.41, 5.74) is 0.890. The van der Waals surface area contributed by atoms with Gasteiger partial charge in [0.05, 0.1) is 45.3 Å². The maximum Gasteiger partial charge on any atom is 0.251 e. The van der Waals surface area contributed by atoms with Crippen molar-refractivity contribution in [2.75, 3.05) is 46.7 Å². The highest BCUT2D eigenvalue weighted by molar-refractivity contribution is 6.17. The van der Waals surface area contributed by atoms with Gasteiger partial charge < -0.3 is 24.8 Å². The first-order chi connectivity index (χ1) is 11.7. The summed E-state index contributed by atoms with van der Waals surface area (Å²) in [7, 11) is 1.86. The Morgan fingerprint density at radius 1 is 1.25 bits per heavy atom. The predicted molar refractivity (Wildman–Crippen MR) is 82.2 cm³/mol. The van der Waals surface area contributed by atoms with Crippen LogP contribution >= 0.6 is 0 Å². The highest BCUT2D eigenvalue weighted by Gasteiger charge is 2.40. The Hall–Kier alpha value is -1.88. The van der Waals surface area contributed by atoms with E-state index in [1.54, 1.807) is 4.68 Å². The molecule has 10 heteroatoms. The second kappa shape index (κ2) is 10.1. The minimum absolute atomic E-state index is 0.0727. The van der Waals surface area contributed by atoms with Crippen molar-refractivity contribution in [2.45, 2.75) is 19.1 Å². The third-order valence-corrected chi connectivity index (χ3v) is 3.18. The fourth-order valence-electron chi connectivity index (χ4n) is 1.89. The molecule has 24 heavy (non-hydrogen) atoms. The van der Waals surface area contributed by atoms with Crippen LogP contribution in [0.3, 0.4) is 0 Å². The van der Waals surface area contributed by atoms with E-state index in [1.807, 2.05) is 13.2 Å². The molecule has 2 heterocycles. The average molecular weight is 341 g/mol. The van der Waals surface area contributed by atoms with Gasteiger partial charge in [-0.15, -0.1) is 5.10 Å². The summed E-state index contributed by atoms with van der Waals surface area (Å²) in [5, 5.41) is 13.4. The van der Waals surface area contributed by atoms with Gasteiger partial charge in [0.25, 0.3) is 5.91 Å². The molecule has 2 rings (SSSR count). The Labute approximate surface area is 139 Å². The van der Waals surface area contributed by atoms with Crippen LogP contribution < -0.4 is 10.6 Å². The molecule has 0 bridgehead atoms. The van der Waals surface area contributed by atoms with E-state index in [2.05, 4.69) is 20.9 Å². The van der Waals surface area contributed by atoms with Gasteiger partial charge in [-0.3, -0.25) is 9.59 Å². The molecule has 1 aromatic rings. The number of Topliss-reactive ketones (excluding diaryl/α,β-unsaturated/α-hetero) is 1. The zero-order valence-corrected chi connectivity index (χ0v) is 13.7. The van der Waals surface area contributed by atoms with Crippen LogP contribution in [-0.2, 0) is 36.9 Å². The van der Waals surface area contributed by atoms with Gasteiger partial charge in [-0.25, -0.2) is 4.68 Å². The smallest absolute Gasteiger partial charge is 0.251 e. The summed E-state index contributed by atoms with van der Waals surface area (Å²) < 4.78 is 17.6. The van der Waals surface area contributed by atoms with Crippen LogP contribution in [0.4, 0.5) is 0 Å². The summed E-state index contributed by atoms with van der Waals surface area (Å²) in [6.07, 6.45) is 1.87. The first-order valence-electron chi connectivity index (χ1n) is 7.80. The van der Waals surface area contributed by atoms with Crippen molar-refractivity contribution in [3.63, 3.8) is 0 Å². The third-order valence-electron chi connectivity index (χ3n) is 3.18. The number of aromatic nitrogens is 3. The van der Waals surface area contributed by atoms with Gasteiger partial charge >= 0.3 is 0 Å². The molecule has 1 unspecified atom stereocenters. The van der Waals surface area contributed by atoms with Gasteiger partial charge in [0.2, 0.25) is 0 Å². The van der Waals surface area contributed by atoms with E-state index >= 15 is 0 Å². The van der Waals surface area contributed by atoms with Gasteiger partial charge in [-0.05, 0) is 7.05 Å². The summed E-state index contributed by atoms with van der Waals surface area (Å²) >= 11 is 0. The Morgan fingerprint density at radius 3 is 2.58 bits per heavy atom. The van der Waals surface area contributed by atoms with E-state index in [-0.39, 0.29) is 18.3 Å². The lowest BCUT2D eigenvalue weighted by atomic mass is 10.3. The van der Waals surface area contributed by atoms with Crippen molar-refractivity contribution in [3.8, 4) is 0 Å². The summed E-state index contributed by atoms with van der Waals surface area (Å²) in [4.78, 5) is 22.0. The highest BCUT2D eigenvalue weighted by atomic mass is 16.5. The largest absolute Gasteiger partial charge is 0.377 e. The number of ether oxygens (including phenoxy) is 3. The van der Waals surface area contributed by atoms with Gasteiger partial charge in [0.15, 0.2) is 11.8 Å². The molecular weight excluding hydrogens is 318 g/mol. The number of carbonyl (C=O) groups excluding carboxylic acids is 2. The zero-order valence-electron chi connectivity index (χ0n) is 13.7. The Balaban J connectivity index is 1.36. The minimum Gasteiger partial charge on any atom is -0.377 e. The molecule has 10 nitrogen and oxygen atoms in total. The summed E-state index contributed by atoms with van der Waals surface area (Å²) in [6, 6.07) is -0.654. The number of hydrogen-bond donors (Lipinski definition) is 2. The number of ketones is 1. The van der Waals surface area contributed by atoms with Crippen LogP contribution in [0.1, 0.15) is 5.69 Å². The maximum atomic E-state index is 11.3. The number of amides is 1. The van der Waals surface area contributed by atoms with Crippen LogP contribution in [0.25, 0.3) is 0 Å². The molecular formula is C14H23N5O5. The lowest BCUT2D eigenvalue weighted by molar-refractivity contribution is -0.125. The van der Waals surface area contributed by atoms with E-state index in [4.69, 9.17) is 14.2 Å². The minimum atomic E-state index is -0.654. The van der Waals surface area contributed by atoms with Crippen LogP contribution in [0.15, 0.2) is 6.20 Å². The third kappa shape index (κ3) is 6.71. The van der Waals surface area contributed by atoms with Gasteiger partial charge in [-0.1, -0.05) is 5.21 Å². The maximum absolute atomic E-state index is 11.3. The van der Waals surface area contributed by atoms with Crippen LogP contribution in [-0.4, -0.2) is 79.4 Å². The number of hydrogen-bond acceptors (Lipinski definition) is 8. The van der Waals surface area contributed by atoms with Crippen LogP contribution in [0.2, 0.25) is 0 Å². The molecule has 2 N–H and O–H groups in total. The first kappa shape index (κ1) is 18.5. The van der Waals surface area contributed by atoms with Crippen molar-refractivity contribution in [1.29, 1.82) is 0 Å². The second-order valence-corrected chi connectivity index (χ2v) is 5.19. The topological polar surface area (TPSA) is 127 Å². The molecule has 0 spiro atoms. The lowest BCUT2D eigenvalue weighted by Gasteiger charge is -2.06. The second-order valence-electron chi connectivity index (χ2n) is 5.19. The molecule has 1 aliphatic heterocycles. The van der Waals surface area contributed by atoms with Crippen molar-refractivity contribution in [1.82, 2.24) is 25.6 Å². The monoisotopic (exact) mass is 341 g/mol. The van der Waals surface area contributed by atoms with Crippen LogP contribution in [0, 0.1) is 0 Å². The standard InChI is InChI=1S/C14H23N5O5/c1-15-8-11-9-19(18-17-11)2-3-22-4-5-23-6-7-24-10-12(20)13-14(21)16-13/h9,13,15H,2-8,10H2,1H3,(H,16,21). The highest BCUT2D eigenvalue weighted by Crippen LogP contribution is 2.01. The molecule has 1 aliphatic rings. The van der Waals surface area contributed by atoms with Crippen molar-refractivity contribution >= 4 is 11.7 Å². The van der Waals surface area contributed by atoms with E-state index in [1.165, 1.54) is 0 Å². The molecule has 134 valence electrons. The number of nitrogens with zero attached hydrogens (tertiary/aromatic N) is 3. The fourth-order valence-corrected chi connectivity index (χ4v) is 1.89. The number of nitrogens with one attached hydrogen (secondary N) is 2. The van der Waals surface area contributed by atoms with Gasteiger partial charge in [0, 0.05) is 12.7 Å². The Bertz CT molecular complexity index is 535. The molecule has 1 amide bonds. The van der Waals surface area contributed by atoms with Crippen LogP contribution in [0.5, 0.6) is 0 Å². The van der Waals surface area contributed by atoms with E-state index in [0.717, 1.165) is 5.69 Å². The van der Waals surface area contributed by atoms with Gasteiger partial charge in [0.1, 0.15) is 6.61 Å².